The lowest BCUT2D eigenvalue weighted by Crippen LogP contribution is -2.32. The summed E-state index contributed by atoms with van der Waals surface area (Å²) in [6.45, 7) is 0.674. The van der Waals surface area contributed by atoms with Gasteiger partial charge in [-0.05, 0) is 29.7 Å². The second-order valence-corrected chi connectivity index (χ2v) is 6.38. The quantitative estimate of drug-likeness (QED) is 0.786. The van der Waals surface area contributed by atoms with Crippen molar-refractivity contribution < 1.29 is 9.53 Å². The van der Waals surface area contributed by atoms with Gasteiger partial charge in [-0.3, -0.25) is 4.79 Å². The first-order chi connectivity index (χ1) is 12.8. The molecule has 0 radical (unpaired) electrons. The maximum absolute atomic E-state index is 13.0. The van der Waals surface area contributed by atoms with E-state index in [0.29, 0.717) is 12.2 Å². The van der Waals surface area contributed by atoms with Crippen LogP contribution in [0.1, 0.15) is 40.0 Å². The first-order valence-corrected chi connectivity index (χ1v) is 8.63. The molecular formula is C20H20N4O2. The molecule has 2 unspecified atom stereocenters. The Balaban J connectivity index is 1.75. The number of aromatic nitrogens is 3. The Bertz CT molecular complexity index is 880. The molecule has 6 heteroatoms. The van der Waals surface area contributed by atoms with Crippen LogP contribution in [0.5, 0.6) is 5.75 Å². The topological polar surface area (TPSA) is 71.1 Å². The highest BCUT2D eigenvalue weighted by Crippen LogP contribution is 2.44. The molecule has 1 aromatic heterocycles. The number of methoxy groups -OCH3 is 1. The van der Waals surface area contributed by atoms with E-state index in [1.807, 2.05) is 41.3 Å². The molecule has 1 aliphatic rings. The van der Waals surface area contributed by atoms with Crippen LogP contribution in [0.3, 0.4) is 0 Å². The average molecular weight is 348 g/mol. The molecule has 0 spiro atoms. The summed E-state index contributed by atoms with van der Waals surface area (Å²) in [5.74, 6) is 0.902. The summed E-state index contributed by atoms with van der Waals surface area (Å²) in [6.07, 6.45) is 2.37. The van der Waals surface area contributed by atoms with E-state index >= 15 is 0 Å². The normalized spacial score (nSPS) is 19.5. The van der Waals surface area contributed by atoms with E-state index in [1.54, 1.807) is 7.11 Å². The van der Waals surface area contributed by atoms with Crippen LogP contribution in [0.2, 0.25) is 0 Å². The number of rotatable bonds is 4. The SMILES string of the molecule is COc1cccc(C2C(c3ccccc3)CCN2C(=O)c2cn[nH]n2)c1. The van der Waals surface area contributed by atoms with Crippen LogP contribution in [0.4, 0.5) is 0 Å². The van der Waals surface area contributed by atoms with Crippen LogP contribution in [0.15, 0.2) is 60.8 Å². The van der Waals surface area contributed by atoms with Gasteiger partial charge >= 0.3 is 0 Å². The summed E-state index contributed by atoms with van der Waals surface area (Å²) in [4.78, 5) is 14.9. The van der Waals surface area contributed by atoms with Gasteiger partial charge in [-0.15, -0.1) is 0 Å². The number of hydrogen-bond acceptors (Lipinski definition) is 4. The van der Waals surface area contributed by atoms with Crippen molar-refractivity contribution in [2.24, 2.45) is 0 Å². The van der Waals surface area contributed by atoms with Crippen molar-refractivity contribution in [1.29, 1.82) is 0 Å². The Labute approximate surface area is 151 Å². The number of nitrogens with one attached hydrogen (secondary N) is 1. The van der Waals surface area contributed by atoms with E-state index in [9.17, 15) is 4.79 Å². The Hall–Kier alpha value is -3.15. The molecule has 1 aliphatic heterocycles. The standard InChI is InChI=1S/C20H20N4O2/c1-26-16-9-5-8-15(12-16)19-17(14-6-3-2-4-7-14)10-11-24(19)20(25)18-13-21-23-22-18/h2-9,12-13,17,19H,10-11H2,1H3,(H,21,22,23). The first kappa shape index (κ1) is 16.3. The number of hydrogen-bond donors (Lipinski definition) is 1. The summed E-state index contributed by atoms with van der Waals surface area (Å²) in [7, 11) is 1.65. The van der Waals surface area contributed by atoms with Crippen molar-refractivity contribution in [2.45, 2.75) is 18.4 Å². The molecular weight excluding hydrogens is 328 g/mol. The van der Waals surface area contributed by atoms with Gasteiger partial charge in [0.15, 0.2) is 5.69 Å². The molecule has 1 amide bonds. The zero-order valence-electron chi connectivity index (χ0n) is 14.5. The van der Waals surface area contributed by atoms with Gasteiger partial charge in [0, 0.05) is 12.5 Å². The summed E-state index contributed by atoms with van der Waals surface area (Å²) in [5.41, 5.74) is 2.63. The number of ether oxygens (including phenoxy) is 1. The number of H-pyrrole nitrogens is 1. The zero-order chi connectivity index (χ0) is 17.9. The van der Waals surface area contributed by atoms with Crippen LogP contribution in [-0.4, -0.2) is 39.9 Å². The van der Waals surface area contributed by atoms with Gasteiger partial charge in [0.25, 0.3) is 5.91 Å². The minimum atomic E-state index is -0.106. The number of nitrogens with zero attached hydrogens (tertiary/aromatic N) is 3. The van der Waals surface area contributed by atoms with Crippen molar-refractivity contribution in [1.82, 2.24) is 20.3 Å². The Morgan fingerprint density at radius 1 is 1.15 bits per heavy atom. The van der Waals surface area contributed by atoms with Crippen molar-refractivity contribution in [2.75, 3.05) is 13.7 Å². The fourth-order valence-corrected chi connectivity index (χ4v) is 3.76. The van der Waals surface area contributed by atoms with Crippen molar-refractivity contribution in [3.8, 4) is 5.75 Å². The third-order valence-electron chi connectivity index (χ3n) is 4.96. The molecule has 26 heavy (non-hydrogen) atoms. The van der Waals surface area contributed by atoms with Crippen molar-refractivity contribution >= 4 is 5.91 Å². The summed E-state index contributed by atoms with van der Waals surface area (Å²) >= 11 is 0. The summed E-state index contributed by atoms with van der Waals surface area (Å²) in [6, 6.07) is 18.2. The molecule has 2 atom stereocenters. The molecule has 0 saturated carbocycles. The average Bonchev–Trinajstić information content (AvgIpc) is 3.38. The van der Waals surface area contributed by atoms with Gasteiger partial charge in [-0.2, -0.15) is 15.4 Å². The van der Waals surface area contributed by atoms with E-state index in [4.69, 9.17) is 4.74 Å². The maximum Gasteiger partial charge on any atom is 0.276 e. The smallest absolute Gasteiger partial charge is 0.276 e. The van der Waals surface area contributed by atoms with Gasteiger partial charge in [0.1, 0.15) is 5.75 Å². The van der Waals surface area contributed by atoms with Gasteiger partial charge in [0.2, 0.25) is 0 Å². The predicted octanol–water partition coefficient (Wildman–Crippen LogP) is 3.18. The van der Waals surface area contributed by atoms with Crippen LogP contribution >= 0.6 is 0 Å². The number of carbonyl (C=O) groups excluding carboxylic acids is 1. The second kappa shape index (κ2) is 7.00. The highest BCUT2D eigenvalue weighted by Gasteiger charge is 2.39. The molecule has 0 bridgehead atoms. The fourth-order valence-electron chi connectivity index (χ4n) is 3.76. The lowest BCUT2D eigenvalue weighted by atomic mass is 9.87. The van der Waals surface area contributed by atoms with E-state index in [-0.39, 0.29) is 17.9 Å². The minimum Gasteiger partial charge on any atom is -0.497 e. The Morgan fingerprint density at radius 2 is 1.96 bits per heavy atom. The van der Waals surface area contributed by atoms with Gasteiger partial charge in [-0.25, -0.2) is 0 Å². The molecule has 1 saturated heterocycles. The maximum atomic E-state index is 13.0. The largest absolute Gasteiger partial charge is 0.497 e. The predicted molar refractivity (Wildman–Crippen MR) is 97.0 cm³/mol. The lowest BCUT2D eigenvalue weighted by Gasteiger charge is -2.28. The van der Waals surface area contributed by atoms with Gasteiger partial charge in [-0.1, -0.05) is 42.5 Å². The second-order valence-electron chi connectivity index (χ2n) is 6.38. The number of aromatic amines is 1. The minimum absolute atomic E-state index is 0.0725. The molecule has 1 fully saturated rings. The van der Waals surface area contributed by atoms with Crippen LogP contribution in [0, 0.1) is 0 Å². The highest BCUT2D eigenvalue weighted by atomic mass is 16.5. The molecule has 0 aliphatic carbocycles. The number of likely N-dealkylation sites (tertiary alicyclic amines) is 1. The van der Waals surface area contributed by atoms with E-state index in [0.717, 1.165) is 17.7 Å². The van der Waals surface area contributed by atoms with E-state index in [2.05, 4.69) is 33.6 Å². The third kappa shape index (κ3) is 2.94. The molecule has 2 heterocycles. The van der Waals surface area contributed by atoms with Crippen LogP contribution in [0.25, 0.3) is 0 Å². The van der Waals surface area contributed by atoms with Gasteiger partial charge < -0.3 is 9.64 Å². The Morgan fingerprint density at radius 3 is 2.69 bits per heavy atom. The molecule has 6 nitrogen and oxygen atoms in total. The fraction of sp³-hybridized carbons (Fsp3) is 0.250. The molecule has 3 aromatic rings. The molecule has 4 rings (SSSR count). The van der Waals surface area contributed by atoms with E-state index in [1.165, 1.54) is 11.8 Å². The third-order valence-corrected chi connectivity index (χ3v) is 4.96. The number of amides is 1. The van der Waals surface area contributed by atoms with Crippen molar-refractivity contribution in [3.05, 3.63) is 77.6 Å². The van der Waals surface area contributed by atoms with Crippen molar-refractivity contribution in [3.63, 3.8) is 0 Å². The number of benzene rings is 2. The molecule has 1 N–H and O–H groups in total. The molecule has 132 valence electrons. The number of carbonyl (C=O) groups is 1. The van der Waals surface area contributed by atoms with Gasteiger partial charge in [0.05, 0.1) is 19.3 Å². The zero-order valence-corrected chi connectivity index (χ0v) is 14.5. The first-order valence-electron chi connectivity index (χ1n) is 8.63. The highest BCUT2D eigenvalue weighted by molar-refractivity contribution is 5.92. The van der Waals surface area contributed by atoms with Crippen LogP contribution < -0.4 is 4.74 Å². The molecule has 2 aromatic carbocycles. The van der Waals surface area contributed by atoms with E-state index < -0.39 is 0 Å². The lowest BCUT2D eigenvalue weighted by molar-refractivity contribution is 0.0723. The Kier molecular flexibility index (Phi) is 4.39. The summed E-state index contributed by atoms with van der Waals surface area (Å²) < 4.78 is 5.39. The summed E-state index contributed by atoms with van der Waals surface area (Å²) in [5, 5.41) is 10.3. The van der Waals surface area contributed by atoms with Crippen LogP contribution in [-0.2, 0) is 0 Å². The monoisotopic (exact) mass is 348 g/mol.